The highest BCUT2D eigenvalue weighted by Gasteiger charge is 1.96. The van der Waals surface area contributed by atoms with Gasteiger partial charge in [-0.25, -0.2) is 0 Å². The summed E-state index contributed by atoms with van der Waals surface area (Å²) in [5, 5.41) is 0. The fraction of sp³-hybridized carbons (Fsp3) is 0.727. The molecule has 0 aromatic rings. The van der Waals surface area contributed by atoms with Gasteiger partial charge >= 0.3 is 0 Å². The van der Waals surface area contributed by atoms with Gasteiger partial charge in [-0.05, 0) is 18.9 Å². The standard InChI is InChI=1S/C11H21NO/c1-3-5-8-12(9-6-4-2)10-7-11-13/h7,10-11H,3-6,8-9H2,1-2H3. The number of rotatable bonds is 8. The van der Waals surface area contributed by atoms with Crippen molar-refractivity contribution in [1.82, 2.24) is 4.90 Å². The molecule has 0 spiro atoms. The van der Waals surface area contributed by atoms with Crippen LogP contribution < -0.4 is 0 Å². The normalized spacial score (nSPS) is 10.6. The van der Waals surface area contributed by atoms with Gasteiger partial charge in [-0.3, -0.25) is 4.79 Å². The van der Waals surface area contributed by atoms with Gasteiger partial charge in [0.15, 0.2) is 0 Å². The Bertz CT molecular complexity index is 135. The molecule has 0 fully saturated rings. The molecule has 0 rings (SSSR count). The Labute approximate surface area is 81.6 Å². The van der Waals surface area contributed by atoms with E-state index in [2.05, 4.69) is 18.7 Å². The van der Waals surface area contributed by atoms with E-state index in [9.17, 15) is 4.79 Å². The number of carbonyl (C=O) groups excluding carboxylic acids is 1. The molecule has 13 heavy (non-hydrogen) atoms. The predicted octanol–water partition coefficient (Wildman–Crippen LogP) is 2.60. The van der Waals surface area contributed by atoms with E-state index in [1.165, 1.54) is 25.7 Å². The van der Waals surface area contributed by atoms with E-state index in [4.69, 9.17) is 0 Å². The van der Waals surface area contributed by atoms with Crippen LogP contribution >= 0.6 is 0 Å². The van der Waals surface area contributed by atoms with E-state index in [0.29, 0.717) is 0 Å². The number of hydrogen-bond donors (Lipinski definition) is 0. The van der Waals surface area contributed by atoms with E-state index in [1.54, 1.807) is 6.08 Å². The summed E-state index contributed by atoms with van der Waals surface area (Å²) in [5.41, 5.74) is 0. The number of aldehydes is 1. The molecule has 0 aliphatic heterocycles. The van der Waals surface area contributed by atoms with Crippen LogP contribution in [0.25, 0.3) is 0 Å². The molecule has 0 saturated heterocycles. The van der Waals surface area contributed by atoms with Crippen molar-refractivity contribution in [2.24, 2.45) is 0 Å². The van der Waals surface area contributed by atoms with Crippen LogP contribution in [0.1, 0.15) is 39.5 Å². The lowest BCUT2D eigenvalue weighted by atomic mass is 10.3. The SMILES string of the molecule is CCCCN(C=CC=O)CCCC. The first kappa shape index (κ1) is 12.2. The molecule has 2 nitrogen and oxygen atoms in total. The van der Waals surface area contributed by atoms with Gasteiger partial charge in [0.25, 0.3) is 0 Å². The summed E-state index contributed by atoms with van der Waals surface area (Å²) in [5.74, 6) is 0. The summed E-state index contributed by atoms with van der Waals surface area (Å²) in [6.07, 6.45) is 9.13. The van der Waals surface area contributed by atoms with Crippen LogP contribution in [0.15, 0.2) is 12.3 Å². The molecule has 76 valence electrons. The fourth-order valence-corrected chi connectivity index (χ4v) is 1.14. The van der Waals surface area contributed by atoms with Crippen LogP contribution in [0, 0.1) is 0 Å². The van der Waals surface area contributed by atoms with E-state index in [0.717, 1.165) is 19.4 Å². The first-order valence-corrected chi connectivity index (χ1v) is 5.21. The Morgan fingerprint density at radius 2 is 1.62 bits per heavy atom. The molecule has 2 heteroatoms. The zero-order valence-corrected chi connectivity index (χ0v) is 8.83. The topological polar surface area (TPSA) is 20.3 Å². The molecule has 0 amide bonds. The Morgan fingerprint density at radius 1 is 1.08 bits per heavy atom. The van der Waals surface area contributed by atoms with Crippen molar-refractivity contribution in [3.05, 3.63) is 12.3 Å². The van der Waals surface area contributed by atoms with Crippen LogP contribution in [0.4, 0.5) is 0 Å². The number of carbonyl (C=O) groups is 1. The zero-order valence-electron chi connectivity index (χ0n) is 8.83. The Morgan fingerprint density at radius 3 is 2.00 bits per heavy atom. The lowest BCUT2D eigenvalue weighted by Crippen LogP contribution is -2.19. The largest absolute Gasteiger partial charge is 0.377 e. The van der Waals surface area contributed by atoms with Crippen LogP contribution in [0.2, 0.25) is 0 Å². The van der Waals surface area contributed by atoms with Crippen LogP contribution in [0.5, 0.6) is 0 Å². The van der Waals surface area contributed by atoms with E-state index >= 15 is 0 Å². The third kappa shape index (κ3) is 7.57. The predicted molar refractivity (Wildman–Crippen MR) is 56.6 cm³/mol. The molecule has 0 aromatic carbocycles. The minimum Gasteiger partial charge on any atom is -0.377 e. The van der Waals surface area contributed by atoms with Crippen molar-refractivity contribution < 1.29 is 4.79 Å². The van der Waals surface area contributed by atoms with Crippen LogP contribution in [-0.2, 0) is 4.79 Å². The third-order valence-corrected chi connectivity index (χ3v) is 1.97. The smallest absolute Gasteiger partial charge is 0.144 e. The Hall–Kier alpha value is -0.790. The highest BCUT2D eigenvalue weighted by molar-refractivity contribution is 5.64. The van der Waals surface area contributed by atoms with E-state index in [-0.39, 0.29) is 0 Å². The van der Waals surface area contributed by atoms with Crippen molar-refractivity contribution in [3.63, 3.8) is 0 Å². The van der Waals surface area contributed by atoms with Crippen LogP contribution in [-0.4, -0.2) is 24.3 Å². The third-order valence-electron chi connectivity index (χ3n) is 1.97. The summed E-state index contributed by atoms with van der Waals surface area (Å²) in [6.45, 7) is 6.50. The summed E-state index contributed by atoms with van der Waals surface area (Å²) in [7, 11) is 0. The van der Waals surface area contributed by atoms with Gasteiger partial charge in [0.1, 0.15) is 6.29 Å². The van der Waals surface area contributed by atoms with Gasteiger partial charge in [-0.15, -0.1) is 0 Å². The minimum absolute atomic E-state index is 0.838. The van der Waals surface area contributed by atoms with Crippen molar-refractivity contribution in [2.75, 3.05) is 13.1 Å². The molecule has 0 N–H and O–H groups in total. The highest BCUT2D eigenvalue weighted by Crippen LogP contribution is 1.99. The van der Waals surface area contributed by atoms with Crippen molar-refractivity contribution in [2.45, 2.75) is 39.5 Å². The molecule has 0 aliphatic carbocycles. The highest BCUT2D eigenvalue weighted by atomic mass is 16.1. The summed E-state index contributed by atoms with van der Waals surface area (Å²) in [4.78, 5) is 12.4. The van der Waals surface area contributed by atoms with Gasteiger partial charge in [0.2, 0.25) is 0 Å². The second-order valence-corrected chi connectivity index (χ2v) is 3.22. The lowest BCUT2D eigenvalue weighted by Gasteiger charge is -2.19. The number of unbranched alkanes of at least 4 members (excludes halogenated alkanes) is 2. The first-order chi connectivity index (χ1) is 6.35. The molecule has 0 bridgehead atoms. The van der Waals surface area contributed by atoms with Crippen molar-refractivity contribution >= 4 is 6.29 Å². The van der Waals surface area contributed by atoms with Crippen LogP contribution in [0.3, 0.4) is 0 Å². The fourth-order valence-electron chi connectivity index (χ4n) is 1.14. The number of allylic oxidation sites excluding steroid dienone is 1. The molecule has 0 saturated carbocycles. The monoisotopic (exact) mass is 183 g/mol. The quantitative estimate of drug-likeness (QED) is 0.426. The summed E-state index contributed by atoms with van der Waals surface area (Å²) < 4.78 is 0. The maximum absolute atomic E-state index is 10.1. The average molecular weight is 183 g/mol. The van der Waals surface area contributed by atoms with E-state index in [1.807, 2.05) is 6.20 Å². The average Bonchev–Trinajstić information content (AvgIpc) is 2.17. The maximum atomic E-state index is 10.1. The Balaban J connectivity index is 3.72. The molecule has 0 heterocycles. The minimum atomic E-state index is 0.838. The van der Waals surface area contributed by atoms with Crippen molar-refractivity contribution in [3.8, 4) is 0 Å². The molecule has 0 atom stereocenters. The maximum Gasteiger partial charge on any atom is 0.144 e. The number of hydrogen-bond acceptors (Lipinski definition) is 2. The van der Waals surface area contributed by atoms with Crippen molar-refractivity contribution in [1.29, 1.82) is 0 Å². The van der Waals surface area contributed by atoms with Gasteiger partial charge < -0.3 is 4.90 Å². The molecular weight excluding hydrogens is 162 g/mol. The lowest BCUT2D eigenvalue weighted by molar-refractivity contribution is -0.104. The molecule has 0 radical (unpaired) electrons. The molecule has 0 unspecified atom stereocenters. The van der Waals surface area contributed by atoms with Gasteiger partial charge in [-0.2, -0.15) is 0 Å². The van der Waals surface area contributed by atoms with Gasteiger partial charge in [-0.1, -0.05) is 26.7 Å². The summed E-state index contributed by atoms with van der Waals surface area (Å²) >= 11 is 0. The molecular formula is C11H21NO. The molecule has 0 aromatic heterocycles. The number of nitrogens with zero attached hydrogens (tertiary/aromatic N) is 1. The second kappa shape index (κ2) is 9.30. The molecule has 0 aliphatic rings. The van der Waals surface area contributed by atoms with E-state index < -0.39 is 0 Å². The first-order valence-electron chi connectivity index (χ1n) is 5.21. The summed E-state index contributed by atoms with van der Waals surface area (Å²) in [6, 6.07) is 0. The zero-order chi connectivity index (χ0) is 9.94. The van der Waals surface area contributed by atoms with Gasteiger partial charge in [0, 0.05) is 19.3 Å². The Kier molecular flexibility index (Phi) is 8.73. The van der Waals surface area contributed by atoms with Gasteiger partial charge in [0.05, 0.1) is 0 Å². The second-order valence-electron chi connectivity index (χ2n) is 3.22.